The van der Waals surface area contributed by atoms with Gasteiger partial charge in [-0.3, -0.25) is 4.79 Å². The van der Waals surface area contributed by atoms with Crippen LogP contribution in [-0.4, -0.2) is 31.3 Å². The van der Waals surface area contributed by atoms with Crippen molar-refractivity contribution in [2.24, 2.45) is 5.10 Å². The number of amides is 1. The summed E-state index contributed by atoms with van der Waals surface area (Å²) in [5.74, 6) is -1.92. The third-order valence-corrected chi connectivity index (χ3v) is 4.43. The van der Waals surface area contributed by atoms with Crippen LogP contribution in [0.5, 0.6) is 0 Å². The first kappa shape index (κ1) is 18.6. The van der Waals surface area contributed by atoms with Gasteiger partial charge in [0.05, 0.1) is 11.8 Å². The summed E-state index contributed by atoms with van der Waals surface area (Å²) in [6.45, 7) is 0. The molecule has 0 unspecified atom stereocenters. The average molecular weight is 371 g/mol. The van der Waals surface area contributed by atoms with Gasteiger partial charge < -0.3 is 0 Å². The van der Waals surface area contributed by atoms with Gasteiger partial charge in [0, 0.05) is 6.20 Å². The standard InChI is InChI=1S/C15H12F3N3O3S/c16-15(17,18)12-6-7-14(19-9-12)25(23,24)10-13(22)21-20-8-11-4-2-1-3-5-11/h1-9H,10H2,(H,21,22). The van der Waals surface area contributed by atoms with Gasteiger partial charge in [0.1, 0.15) is 5.75 Å². The Morgan fingerprint density at radius 3 is 2.40 bits per heavy atom. The molecule has 1 N–H and O–H groups in total. The smallest absolute Gasteiger partial charge is 0.272 e. The zero-order valence-corrected chi connectivity index (χ0v) is 13.4. The van der Waals surface area contributed by atoms with Crippen LogP contribution in [0, 0.1) is 0 Å². The maximum Gasteiger partial charge on any atom is 0.417 e. The van der Waals surface area contributed by atoms with Gasteiger partial charge in [-0.25, -0.2) is 18.8 Å². The van der Waals surface area contributed by atoms with Crippen molar-refractivity contribution in [1.29, 1.82) is 0 Å². The summed E-state index contributed by atoms with van der Waals surface area (Å²) in [4.78, 5) is 14.9. The molecular weight excluding hydrogens is 359 g/mol. The summed E-state index contributed by atoms with van der Waals surface area (Å²) >= 11 is 0. The van der Waals surface area contributed by atoms with Gasteiger partial charge in [-0.1, -0.05) is 30.3 Å². The molecule has 132 valence electrons. The first-order valence-electron chi connectivity index (χ1n) is 6.81. The topological polar surface area (TPSA) is 88.5 Å². The quantitative estimate of drug-likeness (QED) is 0.643. The van der Waals surface area contributed by atoms with Crippen LogP contribution in [0.2, 0.25) is 0 Å². The molecular formula is C15H12F3N3O3S. The van der Waals surface area contributed by atoms with E-state index in [1.165, 1.54) is 6.21 Å². The minimum absolute atomic E-state index is 0.401. The molecule has 0 aliphatic carbocycles. The number of hydrogen-bond acceptors (Lipinski definition) is 5. The van der Waals surface area contributed by atoms with Gasteiger partial charge >= 0.3 is 6.18 Å². The Morgan fingerprint density at radius 1 is 1.16 bits per heavy atom. The lowest BCUT2D eigenvalue weighted by molar-refractivity contribution is -0.137. The molecule has 0 fully saturated rings. The van der Waals surface area contributed by atoms with E-state index in [1.807, 2.05) is 5.43 Å². The molecule has 0 spiro atoms. The monoisotopic (exact) mass is 371 g/mol. The number of alkyl halides is 3. The number of rotatable bonds is 5. The molecule has 2 rings (SSSR count). The number of hydrazone groups is 1. The number of halogens is 3. The number of hydrogen-bond donors (Lipinski definition) is 1. The van der Waals surface area contributed by atoms with Crippen LogP contribution in [0.15, 0.2) is 58.8 Å². The number of sulfone groups is 1. The Morgan fingerprint density at radius 2 is 1.84 bits per heavy atom. The van der Waals surface area contributed by atoms with E-state index in [4.69, 9.17) is 0 Å². The van der Waals surface area contributed by atoms with Crippen molar-refractivity contribution in [3.8, 4) is 0 Å². The van der Waals surface area contributed by atoms with Crippen molar-refractivity contribution in [2.75, 3.05) is 5.75 Å². The lowest BCUT2D eigenvalue weighted by atomic mass is 10.2. The molecule has 2 aromatic rings. The molecule has 0 atom stereocenters. The second-order valence-corrected chi connectivity index (χ2v) is 6.78. The first-order valence-corrected chi connectivity index (χ1v) is 8.47. The van der Waals surface area contributed by atoms with E-state index in [1.54, 1.807) is 30.3 Å². The number of nitrogens with one attached hydrogen (secondary N) is 1. The fourth-order valence-corrected chi connectivity index (χ4v) is 2.77. The molecule has 1 amide bonds. The van der Waals surface area contributed by atoms with Gasteiger partial charge in [0.25, 0.3) is 5.91 Å². The van der Waals surface area contributed by atoms with E-state index >= 15 is 0 Å². The van der Waals surface area contributed by atoms with Crippen LogP contribution < -0.4 is 5.43 Å². The predicted molar refractivity (Wildman–Crippen MR) is 83.5 cm³/mol. The fourth-order valence-electron chi connectivity index (χ4n) is 1.73. The van der Waals surface area contributed by atoms with Crippen LogP contribution in [0.4, 0.5) is 13.2 Å². The van der Waals surface area contributed by atoms with E-state index in [0.29, 0.717) is 23.9 Å². The lowest BCUT2D eigenvalue weighted by Gasteiger charge is -2.07. The Hall–Kier alpha value is -2.75. The SMILES string of the molecule is O=C(CS(=O)(=O)c1ccc(C(F)(F)F)cn1)NN=Cc1ccccc1. The summed E-state index contributed by atoms with van der Waals surface area (Å²) in [5.41, 5.74) is 1.65. The minimum atomic E-state index is -4.63. The lowest BCUT2D eigenvalue weighted by Crippen LogP contribution is -2.27. The summed E-state index contributed by atoms with van der Waals surface area (Å²) in [7, 11) is -4.18. The first-order chi connectivity index (χ1) is 11.7. The maximum absolute atomic E-state index is 12.4. The van der Waals surface area contributed by atoms with Crippen LogP contribution in [0.25, 0.3) is 0 Å². The van der Waals surface area contributed by atoms with Crippen molar-refractivity contribution in [2.45, 2.75) is 11.2 Å². The van der Waals surface area contributed by atoms with Gasteiger partial charge in [-0.15, -0.1) is 0 Å². The van der Waals surface area contributed by atoms with Crippen LogP contribution >= 0.6 is 0 Å². The average Bonchev–Trinajstić information content (AvgIpc) is 2.55. The number of carbonyl (C=O) groups is 1. The van der Waals surface area contributed by atoms with Crippen molar-refractivity contribution in [1.82, 2.24) is 10.4 Å². The molecule has 1 aromatic carbocycles. The van der Waals surface area contributed by atoms with Gasteiger partial charge in [0.15, 0.2) is 5.03 Å². The van der Waals surface area contributed by atoms with E-state index in [9.17, 15) is 26.4 Å². The highest BCUT2D eigenvalue weighted by Crippen LogP contribution is 2.28. The highest BCUT2D eigenvalue weighted by Gasteiger charge is 2.31. The van der Waals surface area contributed by atoms with Crippen LogP contribution in [0.1, 0.15) is 11.1 Å². The third-order valence-electron chi connectivity index (χ3n) is 2.91. The van der Waals surface area contributed by atoms with E-state index < -0.39 is 38.3 Å². The van der Waals surface area contributed by atoms with Crippen molar-refractivity contribution in [3.05, 3.63) is 59.8 Å². The minimum Gasteiger partial charge on any atom is -0.272 e. The molecule has 0 bridgehead atoms. The van der Waals surface area contributed by atoms with E-state index in [2.05, 4.69) is 10.1 Å². The van der Waals surface area contributed by atoms with Crippen molar-refractivity contribution in [3.63, 3.8) is 0 Å². The number of benzene rings is 1. The summed E-state index contributed by atoms with van der Waals surface area (Å²) < 4.78 is 61.3. The Bertz CT molecular complexity index is 864. The molecule has 0 radical (unpaired) electrons. The maximum atomic E-state index is 12.4. The van der Waals surface area contributed by atoms with E-state index in [-0.39, 0.29) is 0 Å². The largest absolute Gasteiger partial charge is 0.417 e. The van der Waals surface area contributed by atoms with Crippen molar-refractivity contribution >= 4 is 22.0 Å². The zero-order valence-electron chi connectivity index (χ0n) is 12.6. The number of aromatic nitrogens is 1. The van der Waals surface area contributed by atoms with Gasteiger partial charge in [-0.2, -0.15) is 18.3 Å². The molecule has 1 heterocycles. The molecule has 25 heavy (non-hydrogen) atoms. The molecule has 0 aliphatic heterocycles. The molecule has 1 aromatic heterocycles. The zero-order chi connectivity index (χ0) is 18.5. The highest BCUT2D eigenvalue weighted by molar-refractivity contribution is 7.92. The second-order valence-electron chi connectivity index (χ2n) is 4.85. The second kappa shape index (κ2) is 7.43. The van der Waals surface area contributed by atoms with E-state index in [0.717, 1.165) is 0 Å². The molecule has 0 saturated carbocycles. The Balaban J connectivity index is 2.00. The van der Waals surface area contributed by atoms with Crippen molar-refractivity contribution < 1.29 is 26.4 Å². The van der Waals surface area contributed by atoms with Gasteiger partial charge in [-0.05, 0) is 17.7 Å². The summed E-state index contributed by atoms with van der Waals surface area (Å²) in [6.07, 6.45) is -2.90. The number of nitrogens with zero attached hydrogens (tertiary/aromatic N) is 2. The highest BCUT2D eigenvalue weighted by atomic mass is 32.2. The predicted octanol–water partition coefficient (Wildman–Crippen LogP) is 2.02. The number of carbonyl (C=O) groups excluding carboxylic acids is 1. The molecule has 0 saturated heterocycles. The van der Waals surface area contributed by atoms with Crippen LogP contribution in [0.3, 0.4) is 0 Å². The molecule has 10 heteroatoms. The van der Waals surface area contributed by atoms with Crippen LogP contribution in [-0.2, 0) is 20.8 Å². The number of pyridine rings is 1. The normalized spacial score (nSPS) is 12.3. The fraction of sp³-hybridized carbons (Fsp3) is 0.133. The summed E-state index contributed by atoms with van der Waals surface area (Å²) in [5, 5.41) is 2.99. The molecule has 6 nitrogen and oxygen atoms in total. The molecule has 0 aliphatic rings. The Labute approximate surface area is 141 Å². The third kappa shape index (κ3) is 5.38. The summed E-state index contributed by atoms with van der Waals surface area (Å²) in [6, 6.07) is 10.0. The Kier molecular flexibility index (Phi) is 5.52. The van der Waals surface area contributed by atoms with Gasteiger partial charge in [0.2, 0.25) is 9.84 Å².